The summed E-state index contributed by atoms with van der Waals surface area (Å²) in [5.74, 6) is 0. The second-order valence-corrected chi connectivity index (χ2v) is 2.29. The Balaban J connectivity index is 0. The summed E-state index contributed by atoms with van der Waals surface area (Å²) in [5, 5.41) is 17.1. The first-order valence-electron chi connectivity index (χ1n) is 2.39. The van der Waals surface area contributed by atoms with Gasteiger partial charge in [-0.3, -0.25) is 0 Å². The molecule has 0 unspecified atom stereocenters. The van der Waals surface area contributed by atoms with E-state index in [2.05, 4.69) is 0 Å². The topological polar surface area (TPSA) is 72.0 Å². The van der Waals surface area contributed by atoms with Gasteiger partial charge in [-0.1, -0.05) is 0 Å². The third kappa shape index (κ3) is 9.30. The third-order valence-corrected chi connectivity index (χ3v) is 0.724. The van der Waals surface area contributed by atoms with Gasteiger partial charge in [0.05, 0.1) is 5.60 Å². The lowest BCUT2D eigenvalue weighted by Gasteiger charge is -2.13. The Morgan fingerprint density at radius 3 is 1.75 bits per heavy atom. The van der Waals surface area contributed by atoms with Crippen LogP contribution in [0.3, 0.4) is 0 Å². The molecule has 0 aromatic rings. The van der Waals surface area contributed by atoms with E-state index >= 15 is 0 Å². The Kier molecular flexibility index (Phi) is 5.17. The van der Waals surface area contributed by atoms with E-state index < -0.39 is 5.60 Å². The monoisotopic (exact) mass is 122 g/mol. The van der Waals surface area contributed by atoms with Crippen molar-refractivity contribution in [2.45, 2.75) is 25.9 Å². The second-order valence-electron chi connectivity index (χ2n) is 2.29. The van der Waals surface area contributed by atoms with Crippen LogP contribution in [0.5, 0.6) is 0 Å². The van der Waals surface area contributed by atoms with Crippen LogP contribution in [0.25, 0.3) is 0 Å². The minimum absolute atomic E-state index is 0. The van der Waals surface area contributed by atoms with E-state index in [0.29, 0.717) is 6.42 Å². The third-order valence-electron chi connectivity index (χ3n) is 0.724. The van der Waals surface area contributed by atoms with Crippen molar-refractivity contribution in [1.82, 2.24) is 0 Å². The van der Waals surface area contributed by atoms with Crippen molar-refractivity contribution in [3.63, 3.8) is 0 Å². The molecule has 0 aromatic heterocycles. The van der Waals surface area contributed by atoms with E-state index in [1.807, 2.05) is 0 Å². The molecular formula is C5H14O3. The number of hydrogen-bond donors (Lipinski definition) is 2. The molecule has 0 rings (SSSR count). The predicted octanol–water partition coefficient (Wildman–Crippen LogP) is -0.685. The fourth-order valence-electron chi connectivity index (χ4n) is 0.274. The van der Waals surface area contributed by atoms with Crippen molar-refractivity contribution in [3.05, 3.63) is 0 Å². The molecule has 0 saturated carbocycles. The fourth-order valence-corrected chi connectivity index (χ4v) is 0.274. The smallest absolute Gasteiger partial charge is 0.0613 e. The van der Waals surface area contributed by atoms with Crippen molar-refractivity contribution >= 4 is 0 Å². The predicted molar refractivity (Wildman–Crippen MR) is 31.6 cm³/mol. The second kappa shape index (κ2) is 3.83. The van der Waals surface area contributed by atoms with E-state index in [4.69, 9.17) is 10.2 Å². The Bertz CT molecular complexity index is 46.1. The van der Waals surface area contributed by atoms with Gasteiger partial charge in [0.15, 0.2) is 0 Å². The van der Waals surface area contributed by atoms with Crippen LogP contribution < -0.4 is 0 Å². The van der Waals surface area contributed by atoms with Gasteiger partial charge in [0.1, 0.15) is 0 Å². The minimum Gasteiger partial charge on any atom is -0.412 e. The Labute approximate surface area is 49.3 Å². The van der Waals surface area contributed by atoms with Gasteiger partial charge >= 0.3 is 0 Å². The van der Waals surface area contributed by atoms with E-state index in [1.165, 1.54) is 0 Å². The quantitative estimate of drug-likeness (QED) is 0.509. The lowest BCUT2D eigenvalue weighted by molar-refractivity contribution is 0.0515. The average molecular weight is 122 g/mol. The maximum Gasteiger partial charge on any atom is 0.0613 e. The van der Waals surface area contributed by atoms with Gasteiger partial charge in [0.25, 0.3) is 0 Å². The fraction of sp³-hybridized carbons (Fsp3) is 1.00. The maximum absolute atomic E-state index is 8.86. The summed E-state index contributed by atoms with van der Waals surface area (Å²) in [4.78, 5) is 0. The summed E-state index contributed by atoms with van der Waals surface area (Å²) in [6.45, 7) is 3.40. The summed E-state index contributed by atoms with van der Waals surface area (Å²) >= 11 is 0. The van der Waals surface area contributed by atoms with Crippen molar-refractivity contribution < 1.29 is 15.7 Å². The van der Waals surface area contributed by atoms with Crippen LogP contribution >= 0.6 is 0 Å². The van der Waals surface area contributed by atoms with Crippen molar-refractivity contribution in [1.29, 1.82) is 0 Å². The van der Waals surface area contributed by atoms with Crippen LogP contribution in [0.4, 0.5) is 0 Å². The summed E-state index contributed by atoms with van der Waals surface area (Å²) in [7, 11) is 0. The van der Waals surface area contributed by atoms with E-state index in [-0.39, 0.29) is 12.1 Å². The van der Waals surface area contributed by atoms with Crippen molar-refractivity contribution in [2.75, 3.05) is 6.61 Å². The molecule has 3 heteroatoms. The average Bonchev–Trinajstić information content (AvgIpc) is 1.30. The van der Waals surface area contributed by atoms with Gasteiger partial charge in [-0.05, 0) is 20.3 Å². The molecule has 0 aliphatic carbocycles. The maximum atomic E-state index is 8.86. The van der Waals surface area contributed by atoms with Crippen LogP contribution in [-0.2, 0) is 0 Å². The molecule has 0 amide bonds. The van der Waals surface area contributed by atoms with Gasteiger partial charge in [-0.15, -0.1) is 0 Å². The largest absolute Gasteiger partial charge is 0.412 e. The lowest BCUT2D eigenvalue weighted by atomic mass is 10.1. The standard InChI is InChI=1S/C5H12O2.H2O/c1-5(2,7)3-4-6;/h6-7H,3-4H2,1-2H3;1H2. The SMILES string of the molecule is CC(C)(O)CCO.O. The van der Waals surface area contributed by atoms with Crippen LogP contribution in [0.2, 0.25) is 0 Å². The van der Waals surface area contributed by atoms with Crippen LogP contribution in [0.1, 0.15) is 20.3 Å². The minimum atomic E-state index is -0.700. The van der Waals surface area contributed by atoms with Gasteiger partial charge in [-0.2, -0.15) is 0 Å². The number of aliphatic hydroxyl groups excluding tert-OH is 1. The van der Waals surface area contributed by atoms with Gasteiger partial charge in [-0.25, -0.2) is 0 Å². The molecule has 0 saturated heterocycles. The van der Waals surface area contributed by atoms with Crippen molar-refractivity contribution in [2.24, 2.45) is 0 Å². The Hall–Kier alpha value is -0.120. The molecule has 0 fully saturated rings. The van der Waals surface area contributed by atoms with Crippen LogP contribution in [0.15, 0.2) is 0 Å². The summed E-state index contributed by atoms with van der Waals surface area (Å²) in [5.41, 5.74) is -0.700. The zero-order chi connectivity index (χ0) is 5.91. The van der Waals surface area contributed by atoms with Crippen LogP contribution in [-0.4, -0.2) is 27.9 Å². The molecule has 4 N–H and O–H groups in total. The normalized spacial score (nSPS) is 10.5. The lowest BCUT2D eigenvalue weighted by Crippen LogP contribution is -2.19. The first-order chi connectivity index (χ1) is 3.06. The van der Waals surface area contributed by atoms with Gasteiger partial charge < -0.3 is 15.7 Å². The molecule has 52 valence electrons. The molecule has 0 aromatic carbocycles. The highest BCUT2D eigenvalue weighted by Gasteiger charge is 2.09. The molecule has 0 aliphatic heterocycles. The molecular weight excluding hydrogens is 108 g/mol. The highest BCUT2D eigenvalue weighted by molar-refractivity contribution is 4.62. The highest BCUT2D eigenvalue weighted by atomic mass is 16.3. The first kappa shape index (κ1) is 10.8. The van der Waals surface area contributed by atoms with Gasteiger partial charge in [0.2, 0.25) is 0 Å². The summed E-state index contributed by atoms with van der Waals surface area (Å²) in [6, 6.07) is 0. The van der Waals surface area contributed by atoms with Gasteiger partial charge in [0, 0.05) is 6.61 Å². The summed E-state index contributed by atoms with van der Waals surface area (Å²) < 4.78 is 0. The Morgan fingerprint density at radius 1 is 1.38 bits per heavy atom. The number of hydrogen-bond acceptors (Lipinski definition) is 2. The summed E-state index contributed by atoms with van der Waals surface area (Å²) in [6.07, 6.45) is 0.451. The number of aliphatic hydroxyl groups is 2. The molecule has 3 nitrogen and oxygen atoms in total. The van der Waals surface area contributed by atoms with Crippen LogP contribution in [0, 0.1) is 0 Å². The molecule has 0 radical (unpaired) electrons. The molecule has 0 spiro atoms. The molecule has 0 bridgehead atoms. The van der Waals surface area contributed by atoms with E-state index in [0.717, 1.165) is 0 Å². The zero-order valence-corrected chi connectivity index (χ0v) is 5.31. The highest BCUT2D eigenvalue weighted by Crippen LogP contribution is 2.04. The number of rotatable bonds is 2. The zero-order valence-electron chi connectivity index (χ0n) is 5.31. The first-order valence-corrected chi connectivity index (χ1v) is 2.39. The molecule has 8 heavy (non-hydrogen) atoms. The van der Waals surface area contributed by atoms with E-state index in [1.54, 1.807) is 13.8 Å². The molecule has 0 heterocycles. The van der Waals surface area contributed by atoms with E-state index in [9.17, 15) is 0 Å². The molecule has 0 atom stereocenters. The molecule has 0 aliphatic rings. The van der Waals surface area contributed by atoms with Crippen molar-refractivity contribution in [3.8, 4) is 0 Å². The Morgan fingerprint density at radius 2 is 1.75 bits per heavy atom.